The van der Waals surface area contributed by atoms with Crippen molar-refractivity contribution in [2.24, 2.45) is 5.73 Å². The van der Waals surface area contributed by atoms with E-state index >= 15 is 0 Å². The van der Waals surface area contributed by atoms with Crippen molar-refractivity contribution in [3.05, 3.63) is 24.2 Å². The van der Waals surface area contributed by atoms with Gasteiger partial charge in [0.15, 0.2) is 0 Å². The highest BCUT2D eigenvalue weighted by Crippen LogP contribution is 2.42. The molecule has 6 nitrogen and oxygen atoms in total. The molecule has 0 aromatic carbocycles. The fraction of sp³-hybridized carbons (Fsp3) is 0.533. The molecule has 2 N–H and O–H groups in total. The van der Waals surface area contributed by atoms with E-state index in [0.717, 1.165) is 37.3 Å². The van der Waals surface area contributed by atoms with Crippen molar-refractivity contribution in [1.29, 1.82) is 0 Å². The standard InChI is InChI=1S/C15H19N5O/c16-15(6-7-15)14-18-13(19-21-14)11-4-5-12(17-10-11)20-8-2-1-3-9-20/h4-5,10H,1-3,6-9,16H2. The van der Waals surface area contributed by atoms with Gasteiger partial charge in [-0.1, -0.05) is 5.16 Å². The van der Waals surface area contributed by atoms with E-state index in [-0.39, 0.29) is 5.54 Å². The molecule has 2 aromatic heterocycles. The monoisotopic (exact) mass is 285 g/mol. The van der Waals surface area contributed by atoms with E-state index in [1.54, 1.807) is 0 Å². The van der Waals surface area contributed by atoms with Gasteiger partial charge in [0, 0.05) is 24.8 Å². The Morgan fingerprint density at radius 3 is 2.62 bits per heavy atom. The number of hydrogen-bond donors (Lipinski definition) is 1. The molecule has 0 atom stereocenters. The zero-order valence-electron chi connectivity index (χ0n) is 12.0. The largest absolute Gasteiger partial charge is 0.357 e. The summed E-state index contributed by atoms with van der Waals surface area (Å²) in [4.78, 5) is 11.3. The van der Waals surface area contributed by atoms with Gasteiger partial charge in [-0.3, -0.25) is 0 Å². The molecular weight excluding hydrogens is 266 g/mol. The lowest BCUT2D eigenvalue weighted by Crippen LogP contribution is -2.29. The Balaban J connectivity index is 1.54. The smallest absolute Gasteiger partial charge is 0.247 e. The molecule has 2 aliphatic rings. The van der Waals surface area contributed by atoms with E-state index in [4.69, 9.17) is 10.3 Å². The Morgan fingerprint density at radius 2 is 1.95 bits per heavy atom. The molecule has 1 saturated carbocycles. The third-order valence-electron chi connectivity index (χ3n) is 4.33. The number of nitrogens with zero attached hydrogens (tertiary/aromatic N) is 4. The van der Waals surface area contributed by atoms with Crippen molar-refractivity contribution in [1.82, 2.24) is 15.1 Å². The maximum absolute atomic E-state index is 6.06. The van der Waals surface area contributed by atoms with Crippen LogP contribution in [-0.2, 0) is 5.54 Å². The summed E-state index contributed by atoms with van der Waals surface area (Å²) < 4.78 is 5.27. The van der Waals surface area contributed by atoms with E-state index < -0.39 is 0 Å². The molecule has 3 heterocycles. The van der Waals surface area contributed by atoms with Crippen molar-refractivity contribution in [2.45, 2.75) is 37.6 Å². The summed E-state index contributed by atoms with van der Waals surface area (Å²) in [7, 11) is 0. The molecule has 110 valence electrons. The minimum Gasteiger partial charge on any atom is -0.357 e. The quantitative estimate of drug-likeness (QED) is 0.929. The van der Waals surface area contributed by atoms with E-state index in [0.29, 0.717) is 11.7 Å². The van der Waals surface area contributed by atoms with E-state index in [1.165, 1.54) is 19.3 Å². The average Bonchev–Trinajstić information content (AvgIpc) is 3.10. The third-order valence-corrected chi connectivity index (χ3v) is 4.33. The first kappa shape index (κ1) is 12.8. The topological polar surface area (TPSA) is 81.1 Å². The summed E-state index contributed by atoms with van der Waals surface area (Å²) in [6.45, 7) is 2.18. The van der Waals surface area contributed by atoms with E-state index in [1.807, 2.05) is 18.3 Å². The lowest BCUT2D eigenvalue weighted by atomic mass is 10.1. The van der Waals surface area contributed by atoms with Crippen LogP contribution >= 0.6 is 0 Å². The fourth-order valence-corrected chi connectivity index (χ4v) is 2.72. The summed E-state index contributed by atoms with van der Waals surface area (Å²) in [6, 6.07) is 4.04. The van der Waals surface area contributed by atoms with Crippen LogP contribution in [0, 0.1) is 0 Å². The minimum atomic E-state index is -0.383. The summed E-state index contributed by atoms with van der Waals surface area (Å²) >= 11 is 0. The average molecular weight is 285 g/mol. The minimum absolute atomic E-state index is 0.383. The number of piperidine rings is 1. The molecule has 0 spiro atoms. The molecule has 6 heteroatoms. The highest BCUT2D eigenvalue weighted by Gasteiger charge is 2.45. The summed E-state index contributed by atoms with van der Waals surface area (Å²) in [5, 5.41) is 4.02. The van der Waals surface area contributed by atoms with Gasteiger partial charge in [0.1, 0.15) is 5.82 Å². The summed E-state index contributed by atoms with van der Waals surface area (Å²) in [6.07, 6.45) is 7.46. The molecule has 0 unspecified atom stereocenters. The number of aromatic nitrogens is 3. The highest BCUT2D eigenvalue weighted by molar-refractivity contribution is 5.56. The molecule has 0 amide bonds. The van der Waals surface area contributed by atoms with Crippen LogP contribution in [-0.4, -0.2) is 28.2 Å². The van der Waals surface area contributed by atoms with Crippen molar-refractivity contribution >= 4 is 5.82 Å². The molecule has 4 rings (SSSR count). The van der Waals surface area contributed by atoms with Crippen LogP contribution in [0.3, 0.4) is 0 Å². The number of hydrogen-bond acceptors (Lipinski definition) is 6. The molecule has 1 aliphatic heterocycles. The Labute approximate surface area is 123 Å². The first-order chi connectivity index (χ1) is 10.2. The van der Waals surface area contributed by atoms with Crippen molar-refractivity contribution in [3.63, 3.8) is 0 Å². The molecule has 21 heavy (non-hydrogen) atoms. The lowest BCUT2D eigenvalue weighted by molar-refractivity contribution is 0.348. The van der Waals surface area contributed by atoms with Crippen LogP contribution in [0.4, 0.5) is 5.82 Å². The molecule has 2 fully saturated rings. The molecule has 2 aromatic rings. The first-order valence-corrected chi connectivity index (χ1v) is 7.59. The maximum atomic E-state index is 6.06. The third kappa shape index (κ3) is 2.40. The number of anilines is 1. The van der Waals surface area contributed by atoms with Crippen molar-refractivity contribution in [2.75, 3.05) is 18.0 Å². The van der Waals surface area contributed by atoms with Crippen molar-refractivity contribution in [3.8, 4) is 11.4 Å². The Hall–Kier alpha value is -1.95. The van der Waals surface area contributed by atoms with Gasteiger partial charge in [-0.2, -0.15) is 4.98 Å². The summed E-state index contributed by atoms with van der Waals surface area (Å²) in [5.74, 6) is 2.14. The van der Waals surface area contributed by atoms with Gasteiger partial charge in [-0.25, -0.2) is 4.98 Å². The first-order valence-electron chi connectivity index (χ1n) is 7.59. The maximum Gasteiger partial charge on any atom is 0.247 e. The second-order valence-electron chi connectivity index (χ2n) is 6.03. The second kappa shape index (κ2) is 4.80. The Bertz CT molecular complexity index is 626. The Kier molecular flexibility index (Phi) is 2.92. The molecular formula is C15H19N5O. The molecule has 1 saturated heterocycles. The van der Waals surface area contributed by atoms with Gasteiger partial charge in [-0.05, 0) is 44.2 Å². The lowest BCUT2D eigenvalue weighted by Gasteiger charge is -2.27. The van der Waals surface area contributed by atoms with Crippen LogP contribution in [0.15, 0.2) is 22.9 Å². The summed E-state index contributed by atoms with van der Waals surface area (Å²) in [5.41, 5.74) is 6.55. The second-order valence-corrected chi connectivity index (χ2v) is 6.03. The Morgan fingerprint density at radius 1 is 1.14 bits per heavy atom. The van der Waals surface area contributed by atoms with E-state index in [2.05, 4.69) is 20.0 Å². The van der Waals surface area contributed by atoms with Gasteiger partial charge in [-0.15, -0.1) is 0 Å². The number of nitrogens with two attached hydrogens (primary N) is 1. The van der Waals surface area contributed by atoms with Crippen LogP contribution in [0.2, 0.25) is 0 Å². The van der Waals surface area contributed by atoms with Crippen molar-refractivity contribution < 1.29 is 4.52 Å². The molecule has 1 aliphatic carbocycles. The van der Waals surface area contributed by atoms with Crippen LogP contribution in [0.5, 0.6) is 0 Å². The van der Waals surface area contributed by atoms with Gasteiger partial charge >= 0.3 is 0 Å². The number of pyridine rings is 1. The van der Waals surface area contributed by atoms with Gasteiger partial charge in [0.05, 0.1) is 5.54 Å². The SMILES string of the molecule is NC1(c2nc(-c3ccc(N4CCCCC4)nc3)no2)CC1. The van der Waals surface area contributed by atoms with Gasteiger partial charge < -0.3 is 15.2 Å². The normalized spacial score (nSPS) is 20.5. The van der Waals surface area contributed by atoms with Gasteiger partial charge in [0.25, 0.3) is 0 Å². The molecule has 0 radical (unpaired) electrons. The zero-order valence-corrected chi connectivity index (χ0v) is 12.0. The predicted octanol–water partition coefficient (Wildman–Crippen LogP) is 2.07. The number of rotatable bonds is 3. The zero-order chi connectivity index (χ0) is 14.3. The van der Waals surface area contributed by atoms with Crippen LogP contribution in [0.25, 0.3) is 11.4 Å². The highest BCUT2D eigenvalue weighted by atomic mass is 16.5. The predicted molar refractivity (Wildman–Crippen MR) is 78.7 cm³/mol. The van der Waals surface area contributed by atoms with Crippen LogP contribution < -0.4 is 10.6 Å². The van der Waals surface area contributed by atoms with Crippen LogP contribution in [0.1, 0.15) is 38.0 Å². The molecule has 0 bridgehead atoms. The van der Waals surface area contributed by atoms with E-state index in [9.17, 15) is 0 Å². The fourth-order valence-electron chi connectivity index (χ4n) is 2.72. The van der Waals surface area contributed by atoms with Gasteiger partial charge in [0.2, 0.25) is 11.7 Å².